The molecule has 12 heavy (non-hydrogen) atoms. The molecule has 0 heterocycles. The lowest BCUT2D eigenvalue weighted by Crippen LogP contribution is -2.43. The molecule has 0 saturated heterocycles. The summed E-state index contributed by atoms with van der Waals surface area (Å²) in [7, 11) is 0. The SMILES string of the molecule is CCOC(=O)C(F)C1CC(N)C1. The minimum atomic E-state index is -1.47. The first kappa shape index (κ1) is 9.45. The number of hydrogen-bond donors (Lipinski definition) is 1. The summed E-state index contributed by atoms with van der Waals surface area (Å²) in [6.45, 7) is 1.90. The van der Waals surface area contributed by atoms with Crippen LogP contribution in [0.5, 0.6) is 0 Å². The molecule has 1 fully saturated rings. The molecular formula is C8H14FNO2. The molecule has 2 N–H and O–H groups in total. The summed E-state index contributed by atoms with van der Waals surface area (Å²) in [5.41, 5.74) is 5.46. The molecule has 0 amide bonds. The van der Waals surface area contributed by atoms with Crippen LogP contribution in [0.4, 0.5) is 4.39 Å². The average Bonchev–Trinajstić information content (AvgIpc) is 1.98. The third kappa shape index (κ3) is 1.94. The Hall–Kier alpha value is -0.640. The minimum absolute atomic E-state index is 0.0719. The van der Waals surface area contributed by atoms with Gasteiger partial charge in [-0.2, -0.15) is 0 Å². The normalized spacial score (nSPS) is 30.6. The van der Waals surface area contributed by atoms with E-state index in [0.717, 1.165) is 0 Å². The van der Waals surface area contributed by atoms with Crippen molar-refractivity contribution in [3.05, 3.63) is 0 Å². The maximum Gasteiger partial charge on any atom is 0.341 e. The third-order valence-corrected chi connectivity index (χ3v) is 2.14. The van der Waals surface area contributed by atoms with E-state index in [1.807, 2.05) is 0 Å². The molecule has 1 atom stereocenters. The van der Waals surface area contributed by atoms with Gasteiger partial charge in [-0.1, -0.05) is 0 Å². The van der Waals surface area contributed by atoms with Crippen LogP contribution < -0.4 is 5.73 Å². The van der Waals surface area contributed by atoms with Crippen molar-refractivity contribution < 1.29 is 13.9 Å². The Morgan fingerprint density at radius 3 is 2.75 bits per heavy atom. The maximum atomic E-state index is 13.1. The van der Waals surface area contributed by atoms with Crippen LogP contribution in [0.2, 0.25) is 0 Å². The van der Waals surface area contributed by atoms with E-state index in [0.29, 0.717) is 12.8 Å². The van der Waals surface area contributed by atoms with Crippen LogP contribution in [0, 0.1) is 5.92 Å². The summed E-state index contributed by atoms with van der Waals surface area (Å²) in [4.78, 5) is 10.8. The molecule has 0 aromatic rings. The largest absolute Gasteiger partial charge is 0.464 e. The second-order valence-electron chi connectivity index (χ2n) is 3.15. The van der Waals surface area contributed by atoms with Crippen LogP contribution in [0.15, 0.2) is 0 Å². The number of rotatable bonds is 3. The predicted molar refractivity (Wildman–Crippen MR) is 42.2 cm³/mol. The molecule has 1 aliphatic carbocycles. The Morgan fingerprint density at radius 2 is 2.33 bits per heavy atom. The van der Waals surface area contributed by atoms with E-state index in [-0.39, 0.29) is 18.6 Å². The molecule has 1 saturated carbocycles. The topological polar surface area (TPSA) is 52.3 Å². The molecular weight excluding hydrogens is 161 g/mol. The zero-order valence-electron chi connectivity index (χ0n) is 7.13. The summed E-state index contributed by atoms with van der Waals surface area (Å²) in [6, 6.07) is 0.0719. The zero-order valence-corrected chi connectivity index (χ0v) is 7.13. The molecule has 0 bridgehead atoms. The number of nitrogens with two attached hydrogens (primary N) is 1. The highest BCUT2D eigenvalue weighted by atomic mass is 19.1. The molecule has 0 radical (unpaired) electrons. The van der Waals surface area contributed by atoms with Crippen LogP contribution in [0.3, 0.4) is 0 Å². The van der Waals surface area contributed by atoms with E-state index < -0.39 is 12.1 Å². The molecule has 0 aromatic heterocycles. The van der Waals surface area contributed by atoms with Crippen molar-refractivity contribution in [1.29, 1.82) is 0 Å². The fourth-order valence-corrected chi connectivity index (χ4v) is 1.36. The lowest BCUT2D eigenvalue weighted by atomic mass is 9.78. The fraction of sp³-hybridized carbons (Fsp3) is 0.875. The van der Waals surface area contributed by atoms with Gasteiger partial charge in [0.1, 0.15) is 0 Å². The molecule has 4 heteroatoms. The number of alkyl halides is 1. The van der Waals surface area contributed by atoms with Crippen molar-refractivity contribution in [1.82, 2.24) is 0 Å². The highest BCUT2D eigenvalue weighted by molar-refractivity contribution is 5.75. The first-order valence-electron chi connectivity index (χ1n) is 4.21. The molecule has 1 aliphatic rings. The van der Waals surface area contributed by atoms with E-state index in [9.17, 15) is 9.18 Å². The quantitative estimate of drug-likeness (QED) is 0.640. The molecule has 0 aromatic carbocycles. The van der Waals surface area contributed by atoms with Crippen molar-refractivity contribution in [2.75, 3.05) is 6.61 Å². The first-order valence-corrected chi connectivity index (χ1v) is 4.21. The van der Waals surface area contributed by atoms with Gasteiger partial charge in [0, 0.05) is 12.0 Å². The smallest absolute Gasteiger partial charge is 0.341 e. The van der Waals surface area contributed by atoms with Crippen molar-refractivity contribution in [3.8, 4) is 0 Å². The van der Waals surface area contributed by atoms with Crippen LogP contribution in [0.25, 0.3) is 0 Å². The number of carbonyl (C=O) groups excluding carboxylic acids is 1. The van der Waals surface area contributed by atoms with Gasteiger partial charge in [0.2, 0.25) is 0 Å². The second-order valence-corrected chi connectivity index (χ2v) is 3.15. The summed E-state index contributed by atoms with van der Waals surface area (Å²) in [6.07, 6.45) is -0.273. The molecule has 70 valence electrons. The summed E-state index contributed by atoms with van der Waals surface area (Å²) in [5, 5.41) is 0. The number of halogens is 1. The molecule has 1 rings (SSSR count). The van der Waals surface area contributed by atoms with Gasteiger partial charge in [-0.05, 0) is 19.8 Å². The molecule has 0 aliphatic heterocycles. The standard InChI is InChI=1S/C8H14FNO2/c1-2-12-8(11)7(9)5-3-6(10)4-5/h5-7H,2-4,10H2,1H3. The third-order valence-electron chi connectivity index (χ3n) is 2.14. The van der Waals surface area contributed by atoms with Crippen LogP contribution >= 0.6 is 0 Å². The van der Waals surface area contributed by atoms with E-state index in [1.54, 1.807) is 6.92 Å². The summed E-state index contributed by atoms with van der Waals surface area (Å²) < 4.78 is 17.6. The van der Waals surface area contributed by atoms with Gasteiger partial charge in [-0.3, -0.25) is 0 Å². The van der Waals surface area contributed by atoms with E-state index in [2.05, 4.69) is 4.74 Å². The Balaban J connectivity index is 2.27. The number of carbonyl (C=O) groups is 1. The fourth-order valence-electron chi connectivity index (χ4n) is 1.36. The Kier molecular flexibility index (Phi) is 3.03. The number of ether oxygens (including phenoxy) is 1. The second kappa shape index (κ2) is 3.85. The van der Waals surface area contributed by atoms with Crippen LogP contribution in [0.1, 0.15) is 19.8 Å². The lowest BCUT2D eigenvalue weighted by molar-refractivity contribution is -0.152. The Morgan fingerprint density at radius 1 is 1.75 bits per heavy atom. The number of hydrogen-bond acceptors (Lipinski definition) is 3. The molecule has 1 unspecified atom stereocenters. The van der Waals surface area contributed by atoms with E-state index in [1.165, 1.54) is 0 Å². The van der Waals surface area contributed by atoms with Crippen molar-refractivity contribution >= 4 is 5.97 Å². The van der Waals surface area contributed by atoms with Gasteiger partial charge in [0.25, 0.3) is 0 Å². The van der Waals surface area contributed by atoms with Gasteiger partial charge in [0.15, 0.2) is 6.17 Å². The highest BCUT2D eigenvalue weighted by Gasteiger charge is 2.37. The van der Waals surface area contributed by atoms with E-state index in [4.69, 9.17) is 5.73 Å². The van der Waals surface area contributed by atoms with Gasteiger partial charge in [0.05, 0.1) is 6.61 Å². The Bertz CT molecular complexity index is 168. The van der Waals surface area contributed by atoms with Crippen molar-refractivity contribution in [2.45, 2.75) is 32.0 Å². The Labute approximate surface area is 71.1 Å². The first-order chi connectivity index (χ1) is 5.65. The lowest BCUT2D eigenvalue weighted by Gasteiger charge is -2.33. The minimum Gasteiger partial charge on any atom is -0.464 e. The highest BCUT2D eigenvalue weighted by Crippen LogP contribution is 2.31. The zero-order chi connectivity index (χ0) is 9.14. The molecule has 0 spiro atoms. The van der Waals surface area contributed by atoms with Gasteiger partial charge in [-0.15, -0.1) is 0 Å². The van der Waals surface area contributed by atoms with Crippen LogP contribution in [-0.2, 0) is 9.53 Å². The van der Waals surface area contributed by atoms with Crippen molar-refractivity contribution in [3.63, 3.8) is 0 Å². The predicted octanol–water partition coefficient (Wildman–Crippen LogP) is 0.625. The van der Waals surface area contributed by atoms with Gasteiger partial charge in [-0.25, -0.2) is 9.18 Å². The summed E-state index contributed by atoms with van der Waals surface area (Å²) >= 11 is 0. The van der Waals surface area contributed by atoms with Gasteiger partial charge >= 0.3 is 5.97 Å². The van der Waals surface area contributed by atoms with Gasteiger partial charge < -0.3 is 10.5 Å². The maximum absolute atomic E-state index is 13.1. The molecule has 3 nitrogen and oxygen atoms in total. The van der Waals surface area contributed by atoms with E-state index >= 15 is 0 Å². The average molecular weight is 175 g/mol. The number of esters is 1. The van der Waals surface area contributed by atoms with Crippen molar-refractivity contribution in [2.24, 2.45) is 11.7 Å². The van der Waals surface area contributed by atoms with Crippen LogP contribution in [-0.4, -0.2) is 24.8 Å². The summed E-state index contributed by atoms with van der Waals surface area (Å²) in [5.74, 6) is -0.951. The monoisotopic (exact) mass is 175 g/mol.